The molecule has 0 spiro atoms. The molecule has 0 aromatic rings. The van der Waals surface area contributed by atoms with Crippen LogP contribution in [0.5, 0.6) is 0 Å². The van der Waals surface area contributed by atoms with Gasteiger partial charge in [0.1, 0.15) is 73.2 Å². The summed E-state index contributed by atoms with van der Waals surface area (Å²) < 4.78 is 20.8. The van der Waals surface area contributed by atoms with Crippen molar-refractivity contribution in [2.45, 2.75) is 97.7 Å². The summed E-state index contributed by atoms with van der Waals surface area (Å²) >= 11 is 0. The minimum atomic E-state index is -2.49. The van der Waals surface area contributed by atoms with Gasteiger partial charge in [-0.2, -0.15) is 0 Å². The first-order chi connectivity index (χ1) is 19.6. The molecule has 16 atom stereocenters. The molecule has 0 bridgehead atoms. The molecular formula is C22H38O20. The van der Waals surface area contributed by atoms with Gasteiger partial charge in [-0.25, -0.2) is 9.59 Å². The number of carbonyl (C=O) groups is 2. The van der Waals surface area contributed by atoms with Crippen molar-refractivity contribution in [1.29, 1.82) is 0 Å². The summed E-state index contributed by atoms with van der Waals surface area (Å²) in [6, 6.07) is 0. The quantitative estimate of drug-likeness (QED) is 0.0710. The Morgan fingerprint density at radius 1 is 0.524 bits per heavy atom. The van der Waals surface area contributed by atoms with E-state index in [9.17, 15) is 70.9 Å². The van der Waals surface area contributed by atoms with Crippen LogP contribution in [-0.4, -0.2) is 208 Å². The molecule has 0 aliphatic carbocycles. The summed E-state index contributed by atoms with van der Waals surface area (Å²) in [5.74, 6) is -3.08. The summed E-state index contributed by atoms with van der Waals surface area (Å²) in [5.41, 5.74) is 0. The van der Waals surface area contributed by atoms with E-state index < -0.39 is 136 Å². The Morgan fingerprint density at radius 3 is 1.10 bits per heavy atom. The van der Waals surface area contributed by atoms with Crippen molar-refractivity contribution in [3.63, 3.8) is 0 Å². The molecule has 2 fully saturated rings. The zero-order valence-corrected chi connectivity index (χ0v) is 21.8. The third-order valence-electron chi connectivity index (χ3n) is 6.89. The third-order valence-corrected chi connectivity index (χ3v) is 6.89. The number of aliphatic hydroxyl groups is 14. The number of rotatable bonds is 16. The van der Waals surface area contributed by atoms with Crippen molar-refractivity contribution >= 4 is 11.9 Å². The van der Waals surface area contributed by atoms with E-state index in [0.717, 1.165) is 0 Å². The Kier molecular flexibility index (Phi) is 13.8. The molecule has 2 rings (SSSR count). The smallest absolute Gasteiger partial charge is 0.338 e. The largest absolute Gasteiger partial charge is 0.455 e. The summed E-state index contributed by atoms with van der Waals surface area (Å²) in [6.07, 6.45) is -32.1. The van der Waals surface area contributed by atoms with Gasteiger partial charge in [0, 0.05) is 0 Å². The molecule has 0 radical (unpaired) electrons. The molecule has 20 nitrogen and oxygen atoms in total. The third kappa shape index (κ3) is 8.26. The highest BCUT2D eigenvalue weighted by Crippen LogP contribution is 2.31. The van der Waals surface area contributed by atoms with Gasteiger partial charge in [0.05, 0.1) is 26.4 Å². The average Bonchev–Trinajstić information content (AvgIpc) is 3.58. The van der Waals surface area contributed by atoms with E-state index in [1.807, 2.05) is 0 Å². The van der Waals surface area contributed by atoms with Gasteiger partial charge < -0.3 is 90.4 Å². The Hall–Kier alpha value is -1.70. The van der Waals surface area contributed by atoms with E-state index >= 15 is 0 Å². The maximum atomic E-state index is 12.3. The number of hydrogen-bond donors (Lipinski definition) is 14. The van der Waals surface area contributed by atoms with E-state index in [-0.39, 0.29) is 0 Å². The standard InChI is InChI=1S/C22H38O20/c23-1-5(25)9(27)11(29)13(31)15(33)17(35)21(37)41-7-3-39-20-8(4-40-19(7)20)42-22(38)18(36)16(34)14(32)12(30)10(28)6(26)2-24/h5-20,23-36H,1-4H2/t5?,6?,7-,8+,9?,10?,11?,12?,13?,14?,15?,16?,17?,18?,19-,20-/m1/s1. The zero-order valence-electron chi connectivity index (χ0n) is 21.8. The molecule has 0 saturated carbocycles. The number of carbonyl (C=O) groups excluding carboxylic acids is 2. The van der Waals surface area contributed by atoms with Crippen molar-refractivity contribution in [1.82, 2.24) is 0 Å². The minimum Gasteiger partial charge on any atom is -0.455 e. The van der Waals surface area contributed by atoms with Gasteiger partial charge >= 0.3 is 11.9 Å². The molecule has 2 saturated heterocycles. The van der Waals surface area contributed by atoms with Crippen LogP contribution in [0.15, 0.2) is 0 Å². The molecule has 2 heterocycles. The highest BCUT2D eigenvalue weighted by atomic mass is 16.7. The van der Waals surface area contributed by atoms with Crippen LogP contribution in [0, 0.1) is 0 Å². The summed E-state index contributed by atoms with van der Waals surface area (Å²) in [7, 11) is 0. The van der Waals surface area contributed by atoms with Crippen LogP contribution in [0.25, 0.3) is 0 Å². The van der Waals surface area contributed by atoms with Crippen LogP contribution in [0.1, 0.15) is 0 Å². The summed E-state index contributed by atoms with van der Waals surface area (Å²) in [5, 5.41) is 135. The monoisotopic (exact) mass is 622 g/mol. The van der Waals surface area contributed by atoms with Gasteiger partial charge in [-0.05, 0) is 0 Å². The second-order valence-electron chi connectivity index (χ2n) is 9.86. The molecule has 20 heteroatoms. The van der Waals surface area contributed by atoms with Gasteiger partial charge in [0.15, 0.2) is 24.4 Å². The van der Waals surface area contributed by atoms with Gasteiger partial charge in [0.25, 0.3) is 0 Å². The number of ether oxygens (including phenoxy) is 4. The van der Waals surface area contributed by atoms with E-state index in [4.69, 9.17) is 29.2 Å². The Morgan fingerprint density at radius 2 is 0.810 bits per heavy atom. The van der Waals surface area contributed by atoms with Gasteiger partial charge in [-0.1, -0.05) is 0 Å². The summed E-state index contributed by atoms with van der Waals surface area (Å²) in [4.78, 5) is 24.7. The molecule has 42 heavy (non-hydrogen) atoms. The zero-order chi connectivity index (χ0) is 32.0. The Balaban J connectivity index is 1.92. The van der Waals surface area contributed by atoms with Crippen molar-refractivity contribution < 1.29 is 100 Å². The van der Waals surface area contributed by atoms with Crippen molar-refractivity contribution in [2.24, 2.45) is 0 Å². The van der Waals surface area contributed by atoms with E-state index in [0.29, 0.717) is 0 Å². The molecule has 0 aromatic carbocycles. The lowest BCUT2D eigenvalue weighted by molar-refractivity contribution is -0.186. The van der Waals surface area contributed by atoms with Crippen LogP contribution in [0.4, 0.5) is 0 Å². The maximum Gasteiger partial charge on any atom is 0.338 e. The van der Waals surface area contributed by atoms with Crippen LogP contribution >= 0.6 is 0 Å². The van der Waals surface area contributed by atoms with Gasteiger partial charge in [-0.3, -0.25) is 0 Å². The van der Waals surface area contributed by atoms with Crippen molar-refractivity contribution in [3.8, 4) is 0 Å². The van der Waals surface area contributed by atoms with Crippen LogP contribution in [0.3, 0.4) is 0 Å². The minimum absolute atomic E-state index is 0.397. The number of hydrogen-bond acceptors (Lipinski definition) is 20. The molecule has 246 valence electrons. The first-order valence-corrected chi connectivity index (χ1v) is 12.6. The van der Waals surface area contributed by atoms with Crippen LogP contribution in [-0.2, 0) is 28.5 Å². The molecule has 0 aromatic heterocycles. The van der Waals surface area contributed by atoms with E-state index in [1.165, 1.54) is 0 Å². The first-order valence-electron chi connectivity index (χ1n) is 12.6. The van der Waals surface area contributed by atoms with E-state index in [1.54, 1.807) is 0 Å². The Bertz CT molecular complexity index is 794. The normalized spacial score (nSPS) is 30.9. The van der Waals surface area contributed by atoms with Crippen LogP contribution < -0.4 is 0 Å². The number of aliphatic hydroxyl groups excluding tert-OH is 14. The van der Waals surface area contributed by atoms with Crippen LogP contribution in [0.2, 0.25) is 0 Å². The molecular weight excluding hydrogens is 584 g/mol. The topological polar surface area (TPSA) is 354 Å². The molecule has 0 amide bonds. The fourth-order valence-corrected chi connectivity index (χ4v) is 4.20. The fourth-order valence-electron chi connectivity index (χ4n) is 4.20. The average molecular weight is 623 g/mol. The van der Waals surface area contributed by atoms with E-state index in [2.05, 4.69) is 0 Å². The molecule has 14 N–H and O–H groups in total. The van der Waals surface area contributed by atoms with Crippen molar-refractivity contribution in [2.75, 3.05) is 26.4 Å². The predicted molar refractivity (Wildman–Crippen MR) is 125 cm³/mol. The Labute approximate surface area is 236 Å². The first kappa shape index (κ1) is 36.5. The number of fused-ring (bicyclic) bond motifs is 1. The highest BCUT2D eigenvalue weighted by molar-refractivity contribution is 5.76. The maximum absolute atomic E-state index is 12.3. The second-order valence-corrected chi connectivity index (χ2v) is 9.86. The number of esters is 2. The predicted octanol–water partition coefficient (Wildman–Crippen LogP) is -10.1. The molecule has 2 aliphatic rings. The molecule has 2 aliphatic heterocycles. The highest BCUT2D eigenvalue weighted by Gasteiger charge is 2.53. The lowest BCUT2D eigenvalue weighted by atomic mass is 9.96. The fraction of sp³-hybridized carbons (Fsp3) is 0.909. The van der Waals surface area contributed by atoms with Crippen molar-refractivity contribution in [3.05, 3.63) is 0 Å². The SMILES string of the molecule is O=C(O[C@H]1CO[C@H]2[C@@H]1OC[C@H]2OC(=O)C(O)C(O)C(O)C(O)C(O)C(O)CO)C(O)C(O)C(O)C(O)C(O)C(O)CO. The lowest BCUT2D eigenvalue weighted by Gasteiger charge is -2.30. The van der Waals surface area contributed by atoms with Gasteiger partial charge in [-0.15, -0.1) is 0 Å². The second kappa shape index (κ2) is 15.9. The van der Waals surface area contributed by atoms with Gasteiger partial charge in [0.2, 0.25) is 0 Å². The molecule has 12 unspecified atom stereocenters. The summed E-state index contributed by atoms with van der Waals surface area (Å²) in [6.45, 7) is -2.83. The lowest BCUT2D eigenvalue weighted by Crippen LogP contribution is -2.55.